The van der Waals surface area contributed by atoms with E-state index in [1.807, 2.05) is 12.1 Å². The van der Waals surface area contributed by atoms with Crippen molar-refractivity contribution in [2.75, 3.05) is 12.4 Å². The van der Waals surface area contributed by atoms with Gasteiger partial charge < -0.3 is 5.32 Å². The number of para-hydroxylation sites is 1. The maximum absolute atomic E-state index is 5.96. The highest BCUT2D eigenvalue weighted by atomic mass is 35.5. The van der Waals surface area contributed by atoms with Gasteiger partial charge in [0.15, 0.2) is 0 Å². The first-order valence-electron chi connectivity index (χ1n) is 6.43. The topological polar surface area (TPSA) is 24.9 Å². The number of hydrogen-bond donors (Lipinski definition) is 1. The van der Waals surface area contributed by atoms with Crippen LogP contribution in [0.3, 0.4) is 0 Å². The Balaban J connectivity index is 1.64. The van der Waals surface area contributed by atoms with Crippen molar-refractivity contribution in [3.8, 4) is 0 Å². The number of pyridine rings is 1. The summed E-state index contributed by atoms with van der Waals surface area (Å²) >= 11 is 5.96. The van der Waals surface area contributed by atoms with Crippen LogP contribution in [0.25, 0.3) is 10.9 Å². The van der Waals surface area contributed by atoms with Gasteiger partial charge in [0, 0.05) is 24.4 Å². The third kappa shape index (κ3) is 2.50. The molecule has 0 amide bonds. The number of benzene rings is 1. The molecule has 2 nitrogen and oxygen atoms in total. The molecule has 18 heavy (non-hydrogen) atoms. The molecular formula is C15H17ClN2. The summed E-state index contributed by atoms with van der Waals surface area (Å²) in [7, 11) is 0. The maximum Gasteiger partial charge on any atom is 0.0705 e. The lowest BCUT2D eigenvalue weighted by atomic mass is 10.1. The third-order valence-corrected chi connectivity index (χ3v) is 4.27. The SMILES string of the molecule is ClCC1(CNCc2ccc3ccccc3n2)CC1. The van der Waals surface area contributed by atoms with Crippen LogP contribution in [0.2, 0.25) is 0 Å². The smallest absolute Gasteiger partial charge is 0.0705 e. The molecule has 0 bridgehead atoms. The molecule has 1 fully saturated rings. The van der Waals surface area contributed by atoms with E-state index in [0.29, 0.717) is 5.41 Å². The van der Waals surface area contributed by atoms with Gasteiger partial charge in [-0.1, -0.05) is 24.3 Å². The van der Waals surface area contributed by atoms with Crippen molar-refractivity contribution >= 4 is 22.5 Å². The first-order chi connectivity index (χ1) is 8.81. The highest BCUT2D eigenvalue weighted by molar-refractivity contribution is 6.18. The first kappa shape index (κ1) is 11.9. The minimum atomic E-state index is 0.373. The van der Waals surface area contributed by atoms with Crippen molar-refractivity contribution in [1.29, 1.82) is 0 Å². The largest absolute Gasteiger partial charge is 0.311 e. The molecule has 0 unspecified atom stereocenters. The van der Waals surface area contributed by atoms with Crippen LogP contribution in [0.15, 0.2) is 36.4 Å². The summed E-state index contributed by atoms with van der Waals surface area (Å²) in [6.45, 7) is 1.83. The van der Waals surface area contributed by atoms with Gasteiger partial charge in [0.2, 0.25) is 0 Å². The fourth-order valence-electron chi connectivity index (χ4n) is 2.20. The summed E-state index contributed by atoms with van der Waals surface area (Å²) in [5.41, 5.74) is 2.53. The molecule has 3 heteroatoms. The molecule has 1 heterocycles. The molecule has 1 aromatic heterocycles. The zero-order chi connectivity index (χ0) is 12.4. The number of fused-ring (bicyclic) bond motifs is 1. The number of nitrogens with one attached hydrogen (secondary N) is 1. The summed E-state index contributed by atoms with van der Waals surface area (Å²) in [6.07, 6.45) is 2.52. The average molecular weight is 261 g/mol. The summed E-state index contributed by atoms with van der Waals surface area (Å²) in [5, 5.41) is 4.67. The number of aromatic nitrogens is 1. The van der Waals surface area contributed by atoms with Crippen LogP contribution in [-0.2, 0) is 6.54 Å². The Morgan fingerprint density at radius 1 is 1.17 bits per heavy atom. The van der Waals surface area contributed by atoms with Crippen molar-refractivity contribution in [1.82, 2.24) is 10.3 Å². The molecule has 0 atom stereocenters. The lowest BCUT2D eigenvalue weighted by Gasteiger charge is -2.12. The van der Waals surface area contributed by atoms with E-state index in [2.05, 4.69) is 34.6 Å². The molecule has 3 rings (SSSR count). The summed E-state index contributed by atoms with van der Waals surface area (Å²) in [5.74, 6) is 0.769. The molecule has 1 aromatic carbocycles. The second kappa shape index (κ2) is 4.87. The van der Waals surface area contributed by atoms with E-state index in [1.54, 1.807) is 0 Å². The second-order valence-electron chi connectivity index (χ2n) is 5.23. The van der Waals surface area contributed by atoms with Crippen LogP contribution < -0.4 is 5.32 Å². The molecule has 0 saturated heterocycles. The van der Waals surface area contributed by atoms with Crippen molar-refractivity contribution in [2.45, 2.75) is 19.4 Å². The Morgan fingerprint density at radius 3 is 2.78 bits per heavy atom. The summed E-state index contributed by atoms with van der Waals surface area (Å²) in [6, 6.07) is 12.4. The van der Waals surface area contributed by atoms with Crippen molar-refractivity contribution in [2.24, 2.45) is 5.41 Å². The van der Waals surface area contributed by atoms with E-state index in [0.717, 1.165) is 30.2 Å². The molecule has 0 aliphatic heterocycles. The number of halogens is 1. The van der Waals surface area contributed by atoms with Gasteiger partial charge in [-0.05, 0) is 30.4 Å². The Kier molecular flexibility index (Phi) is 3.23. The van der Waals surface area contributed by atoms with Crippen LogP contribution in [0.1, 0.15) is 18.5 Å². The van der Waals surface area contributed by atoms with Crippen molar-refractivity contribution in [3.63, 3.8) is 0 Å². The molecule has 0 spiro atoms. The fourth-order valence-corrected chi connectivity index (χ4v) is 2.56. The summed E-state index contributed by atoms with van der Waals surface area (Å²) in [4.78, 5) is 4.65. The van der Waals surface area contributed by atoms with E-state index >= 15 is 0 Å². The van der Waals surface area contributed by atoms with Crippen LogP contribution >= 0.6 is 11.6 Å². The Morgan fingerprint density at radius 2 is 2.00 bits per heavy atom. The number of alkyl halides is 1. The quantitative estimate of drug-likeness (QED) is 0.834. The lowest BCUT2D eigenvalue weighted by molar-refractivity contribution is 0.502. The molecular weight excluding hydrogens is 244 g/mol. The highest BCUT2D eigenvalue weighted by Crippen LogP contribution is 2.45. The predicted molar refractivity (Wildman–Crippen MR) is 75.8 cm³/mol. The van der Waals surface area contributed by atoms with Gasteiger partial charge in [-0.3, -0.25) is 4.98 Å². The van der Waals surface area contributed by atoms with Gasteiger partial charge in [-0.2, -0.15) is 0 Å². The van der Waals surface area contributed by atoms with Crippen molar-refractivity contribution < 1.29 is 0 Å². The Bertz CT molecular complexity index is 549. The second-order valence-corrected chi connectivity index (χ2v) is 5.50. The highest BCUT2D eigenvalue weighted by Gasteiger charge is 2.41. The number of rotatable bonds is 5. The molecule has 2 aromatic rings. The molecule has 1 aliphatic rings. The van der Waals surface area contributed by atoms with Gasteiger partial charge in [0.05, 0.1) is 11.2 Å². The number of nitrogens with zero attached hydrogens (tertiary/aromatic N) is 1. The first-order valence-corrected chi connectivity index (χ1v) is 6.96. The number of hydrogen-bond acceptors (Lipinski definition) is 2. The lowest BCUT2D eigenvalue weighted by Crippen LogP contribution is -2.25. The van der Waals surface area contributed by atoms with E-state index in [4.69, 9.17) is 11.6 Å². The third-order valence-electron chi connectivity index (χ3n) is 3.70. The van der Waals surface area contributed by atoms with Gasteiger partial charge in [-0.25, -0.2) is 0 Å². The predicted octanol–water partition coefficient (Wildman–Crippen LogP) is 3.34. The van der Waals surface area contributed by atoms with Gasteiger partial charge in [0.1, 0.15) is 0 Å². The molecule has 94 valence electrons. The Labute approximate surface area is 112 Å². The van der Waals surface area contributed by atoms with Gasteiger partial charge >= 0.3 is 0 Å². The zero-order valence-corrected chi connectivity index (χ0v) is 11.1. The average Bonchev–Trinajstić information content (AvgIpc) is 3.19. The van der Waals surface area contributed by atoms with E-state index in [1.165, 1.54) is 18.2 Å². The maximum atomic E-state index is 5.96. The van der Waals surface area contributed by atoms with E-state index < -0.39 is 0 Å². The fraction of sp³-hybridized carbons (Fsp3) is 0.400. The molecule has 0 radical (unpaired) electrons. The molecule has 1 saturated carbocycles. The van der Waals surface area contributed by atoms with Crippen LogP contribution in [0.4, 0.5) is 0 Å². The minimum absolute atomic E-state index is 0.373. The normalized spacial score (nSPS) is 16.9. The van der Waals surface area contributed by atoms with Crippen LogP contribution in [-0.4, -0.2) is 17.4 Å². The van der Waals surface area contributed by atoms with Gasteiger partial charge in [0.25, 0.3) is 0 Å². The summed E-state index contributed by atoms with van der Waals surface area (Å²) < 4.78 is 0. The van der Waals surface area contributed by atoms with Crippen LogP contribution in [0, 0.1) is 5.41 Å². The molecule has 1 N–H and O–H groups in total. The Hall–Kier alpha value is -1.12. The standard InChI is InChI=1S/C15H17ClN2/c16-10-15(7-8-15)11-17-9-13-6-5-12-3-1-2-4-14(12)18-13/h1-6,17H,7-11H2. The minimum Gasteiger partial charge on any atom is -0.311 e. The van der Waals surface area contributed by atoms with Gasteiger partial charge in [-0.15, -0.1) is 11.6 Å². The monoisotopic (exact) mass is 260 g/mol. The van der Waals surface area contributed by atoms with Crippen LogP contribution in [0.5, 0.6) is 0 Å². The van der Waals surface area contributed by atoms with E-state index in [9.17, 15) is 0 Å². The van der Waals surface area contributed by atoms with Crippen molar-refractivity contribution in [3.05, 3.63) is 42.1 Å². The van der Waals surface area contributed by atoms with E-state index in [-0.39, 0.29) is 0 Å². The molecule has 1 aliphatic carbocycles. The zero-order valence-electron chi connectivity index (χ0n) is 10.3.